The summed E-state index contributed by atoms with van der Waals surface area (Å²) in [6.45, 7) is 2.05. The summed E-state index contributed by atoms with van der Waals surface area (Å²) in [4.78, 5) is 0. The van der Waals surface area contributed by atoms with E-state index in [1.807, 2.05) is 30.3 Å². The monoisotopic (exact) mass is 366 g/mol. The van der Waals surface area contributed by atoms with Gasteiger partial charge in [0.2, 0.25) is 0 Å². The average molecular weight is 368 g/mol. The van der Waals surface area contributed by atoms with Crippen molar-refractivity contribution in [2.24, 2.45) is 5.10 Å². The number of halogens is 2. The maximum absolute atomic E-state index is 4.23. The Balaban J connectivity index is 2.15. The lowest BCUT2D eigenvalue weighted by atomic mass is 10.2. The lowest BCUT2D eigenvalue weighted by Gasteiger charge is -2.04. The van der Waals surface area contributed by atoms with Crippen LogP contribution in [0.2, 0.25) is 0 Å². The first-order valence-electron chi connectivity index (χ1n) is 5.46. The van der Waals surface area contributed by atoms with Crippen LogP contribution in [-0.4, -0.2) is 6.21 Å². The van der Waals surface area contributed by atoms with Gasteiger partial charge in [-0.2, -0.15) is 5.10 Å². The molecule has 0 unspecified atom stereocenters. The number of hydrogen-bond donors (Lipinski definition) is 1. The van der Waals surface area contributed by atoms with E-state index < -0.39 is 0 Å². The lowest BCUT2D eigenvalue weighted by molar-refractivity contribution is 1.34. The van der Waals surface area contributed by atoms with Crippen molar-refractivity contribution >= 4 is 43.8 Å². The normalized spacial score (nSPS) is 10.8. The van der Waals surface area contributed by atoms with Gasteiger partial charge in [-0.25, -0.2) is 0 Å². The number of rotatable bonds is 3. The van der Waals surface area contributed by atoms with Crippen molar-refractivity contribution in [1.29, 1.82) is 0 Å². The van der Waals surface area contributed by atoms with Crippen LogP contribution >= 0.6 is 31.9 Å². The third-order valence-electron chi connectivity index (χ3n) is 2.38. The predicted octanol–water partition coefficient (Wildman–Crippen LogP) is 4.97. The molecule has 0 saturated carbocycles. The average Bonchev–Trinajstić information content (AvgIpc) is 2.34. The smallest absolute Gasteiger partial charge is 0.0567 e. The summed E-state index contributed by atoms with van der Waals surface area (Å²) in [6, 6.07) is 14.0. The highest BCUT2D eigenvalue weighted by atomic mass is 79.9. The van der Waals surface area contributed by atoms with Crippen molar-refractivity contribution in [3.05, 3.63) is 62.5 Å². The summed E-state index contributed by atoms with van der Waals surface area (Å²) in [6.07, 6.45) is 1.79. The summed E-state index contributed by atoms with van der Waals surface area (Å²) in [5.74, 6) is 0. The van der Waals surface area contributed by atoms with E-state index in [1.54, 1.807) is 6.21 Å². The Morgan fingerprint density at radius 2 is 1.67 bits per heavy atom. The first-order chi connectivity index (χ1) is 8.66. The molecular weight excluding hydrogens is 356 g/mol. The van der Waals surface area contributed by atoms with Gasteiger partial charge in [-0.05, 0) is 36.8 Å². The van der Waals surface area contributed by atoms with Crippen LogP contribution < -0.4 is 5.43 Å². The van der Waals surface area contributed by atoms with E-state index >= 15 is 0 Å². The van der Waals surface area contributed by atoms with Crippen molar-refractivity contribution in [1.82, 2.24) is 0 Å². The summed E-state index contributed by atoms with van der Waals surface area (Å²) in [5.41, 5.74) is 6.17. The molecule has 0 aromatic heterocycles. The molecule has 2 nitrogen and oxygen atoms in total. The standard InChI is InChI=1S/C14H12Br2N2/c1-10-7-13(15)12(14(16)8-10)9-17-18-11-5-3-2-4-6-11/h2-9,18H,1H3/b17-9-. The van der Waals surface area contributed by atoms with Crippen LogP contribution in [0.5, 0.6) is 0 Å². The van der Waals surface area contributed by atoms with E-state index in [2.05, 4.69) is 61.4 Å². The third kappa shape index (κ3) is 3.43. The Morgan fingerprint density at radius 1 is 1.06 bits per heavy atom. The van der Waals surface area contributed by atoms with E-state index in [4.69, 9.17) is 0 Å². The van der Waals surface area contributed by atoms with Gasteiger partial charge < -0.3 is 0 Å². The summed E-state index contributed by atoms with van der Waals surface area (Å²) < 4.78 is 2.04. The van der Waals surface area contributed by atoms with E-state index in [9.17, 15) is 0 Å². The summed E-state index contributed by atoms with van der Waals surface area (Å²) >= 11 is 7.07. The van der Waals surface area contributed by atoms with Crippen molar-refractivity contribution in [3.8, 4) is 0 Å². The molecule has 0 fully saturated rings. The van der Waals surface area contributed by atoms with Crippen LogP contribution in [0.25, 0.3) is 0 Å². The number of para-hydroxylation sites is 1. The van der Waals surface area contributed by atoms with Gasteiger partial charge in [-0.1, -0.05) is 50.1 Å². The molecule has 0 aliphatic rings. The second-order valence-corrected chi connectivity index (χ2v) is 5.59. The Morgan fingerprint density at radius 3 is 2.28 bits per heavy atom. The van der Waals surface area contributed by atoms with E-state index in [0.717, 1.165) is 20.2 Å². The second kappa shape index (κ2) is 6.16. The molecule has 0 bridgehead atoms. The quantitative estimate of drug-likeness (QED) is 0.601. The molecule has 0 spiro atoms. The Kier molecular flexibility index (Phi) is 4.55. The lowest BCUT2D eigenvalue weighted by Crippen LogP contribution is -1.92. The van der Waals surface area contributed by atoms with Gasteiger partial charge in [0.25, 0.3) is 0 Å². The molecule has 1 N–H and O–H groups in total. The molecule has 0 saturated heterocycles. The molecule has 0 heterocycles. The van der Waals surface area contributed by atoms with Gasteiger partial charge in [0.1, 0.15) is 0 Å². The largest absolute Gasteiger partial charge is 0.279 e. The van der Waals surface area contributed by atoms with E-state index in [-0.39, 0.29) is 0 Å². The number of nitrogens with zero attached hydrogens (tertiary/aromatic N) is 1. The molecule has 0 aliphatic carbocycles. The molecule has 92 valence electrons. The Labute approximate surface area is 123 Å². The first kappa shape index (κ1) is 13.3. The highest BCUT2D eigenvalue weighted by Gasteiger charge is 2.03. The maximum atomic E-state index is 4.23. The number of anilines is 1. The molecule has 2 rings (SSSR count). The SMILES string of the molecule is Cc1cc(Br)c(/C=N\Nc2ccccc2)c(Br)c1. The minimum atomic E-state index is 0.966. The number of nitrogens with one attached hydrogen (secondary N) is 1. The molecule has 4 heteroatoms. The van der Waals surface area contributed by atoms with Crippen LogP contribution in [0, 0.1) is 6.92 Å². The van der Waals surface area contributed by atoms with Crippen LogP contribution in [0.4, 0.5) is 5.69 Å². The predicted molar refractivity (Wildman–Crippen MR) is 84.2 cm³/mol. The maximum Gasteiger partial charge on any atom is 0.0567 e. The molecule has 0 aliphatic heterocycles. The molecule has 0 amide bonds. The fraction of sp³-hybridized carbons (Fsp3) is 0.0714. The minimum absolute atomic E-state index is 0.966. The summed E-state index contributed by atoms with van der Waals surface area (Å²) in [7, 11) is 0. The highest BCUT2D eigenvalue weighted by Crippen LogP contribution is 2.25. The van der Waals surface area contributed by atoms with Gasteiger partial charge in [-0.3, -0.25) is 5.43 Å². The summed E-state index contributed by atoms with van der Waals surface area (Å²) in [5, 5.41) is 4.23. The Hall–Kier alpha value is -1.13. The minimum Gasteiger partial charge on any atom is -0.279 e. The van der Waals surface area contributed by atoms with Crippen molar-refractivity contribution in [2.75, 3.05) is 5.43 Å². The van der Waals surface area contributed by atoms with Gasteiger partial charge in [-0.15, -0.1) is 0 Å². The van der Waals surface area contributed by atoms with Gasteiger partial charge in [0.15, 0.2) is 0 Å². The number of hydrogen-bond acceptors (Lipinski definition) is 2. The van der Waals surface area contributed by atoms with Gasteiger partial charge in [0.05, 0.1) is 11.9 Å². The van der Waals surface area contributed by atoms with E-state index in [1.165, 1.54) is 5.56 Å². The fourth-order valence-electron chi connectivity index (χ4n) is 1.52. The molecule has 2 aromatic rings. The zero-order valence-electron chi connectivity index (χ0n) is 9.82. The van der Waals surface area contributed by atoms with Crippen LogP contribution in [-0.2, 0) is 0 Å². The fourth-order valence-corrected chi connectivity index (χ4v) is 3.14. The highest BCUT2D eigenvalue weighted by molar-refractivity contribution is 9.11. The van der Waals surface area contributed by atoms with Gasteiger partial charge in [0, 0.05) is 14.5 Å². The van der Waals surface area contributed by atoms with Crippen LogP contribution in [0.3, 0.4) is 0 Å². The molecule has 18 heavy (non-hydrogen) atoms. The Bertz CT molecular complexity index is 542. The zero-order chi connectivity index (χ0) is 13.0. The van der Waals surface area contributed by atoms with E-state index in [0.29, 0.717) is 0 Å². The van der Waals surface area contributed by atoms with Gasteiger partial charge >= 0.3 is 0 Å². The van der Waals surface area contributed by atoms with Crippen molar-refractivity contribution in [3.63, 3.8) is 0 Å². The molecule has 0 radical (unpaired) electrons. The topological polar surface area (TPSA) is 24.4 Å². The molecule has 0 atom stereocenters. The van der Waals surface area contributed by atoms with Crippen molar-refractivity contribution in [2.45, 2.75) is 6.92 Å². The number of benzene rings is 2. The van der Waals surface area contributed by atoms with Crippen LogP contribution in [0.1, 0.15) is 11.1 Å². The zero-order valence-corrected chi connectivity index (χ0v) is 13.0. The second-order valence-electron chi connectivity index (χ2n) is 3.88. The first-order valence-corrected chi connectivity index (χ1v) is 7.05. The number of hydrazone groups is 1. The van der Waals surface area contributed by atoms with Crippen molar-refractivity contribution < 1.29 is 0 Å². The van der Waals surface area contributed by atoms with Crippen LogP contribution in [0.15, 0.2) is 56.5 Å². The molecular formula is C14H12Br2N2. The third-order valence-corrected chi connectivity index (χ3v) is 3.70. The molecule has 2 aromatic carbocycles. The number of aryl methyl sites for hydroxylation is 1.